The molecular weight excluding hydrogens is 456 g/mol. The number of hydrogen-bond donors (Lipinski definition) is 2. The first-order chi connectivity index (χ1) is 16.0. The second kappa shape index (κ2) is 9.95. The lowest BCUT2D eigenvalue weighted by Crippen LogP contribution is -2.44. The molecule has 0 heterocycles. The molecule has 198 valence electrons. The van der Waals surface area contributed by atoms with Gasteiger partial charge in [-0.1, -0.05) is 49.8 Å². The summed E-state index contributed by atoms with van der Waals surface area (Å²) in [5, 5.41) is 20.3. The lowest BCUT2D eigenvalue weighted by atomic mass is 9.62. The molecule has 3 aliphatic carbocycles. The van der Waals surface area contributed by atoms with Gasteiger partial charge < -0.3 is 10.2 Å². The van der Waals surface area contributed by atoms with E-state index in [1.54, 1.807) is 20.8 Å². The van der Waals surface area contributed by atoms with E-state index in [0.717, 1.165) is 43.3 Å². The number of hydrogen-bond acceptors (Lipinski definition) is 4. The molecule has 4 nitrogen and oxygen atoms in total. The van der Waals surface area contributed by atoms with Crippen LogP contribution in [0.1, 0.15) is 99.8 Å². The third-order valence-corrected chi connectivity index (χ3v) is 12.4. The summed E-state index contributed by atoms with van der Waals surface area (Å²) in [7, 11) is -3.25. The molecule has 35 heavy (non-hydrogen) atoms. The van der Waals surface area contributed by atoms with Crippen molar-refractivity contribution < 1.29 is 18.6 Å². The molecule has 2 saturated carbocycles. The molecule has 0 aromatic heterocycles. The van der Waals surface area contributed by atoms with E-state index >= 15 is 0 Å². The summed E-state index contributed by atoms with van der Waals surface area (Å²) in [4.78, 5) is 0. The van der Waals surface area contributed by atoms with Crippen LogP contribution in [0.2, 0.25) is 0 Å². The number of aliphatic hydroxyl groups excluding tert-OH is 2. The molecule has 0 aromatic carbocycles. The summed E-state index contributed by atoms with van der Waals surface area (Å²) in [5.41, 5.74) is 4.74. The van der Waals surface area contributed by atoms with E-state index in [4.69, 9.17) is 0 Å². The maximum Gasteiger partial charge on any atom is 0.160 e. The zero-order valence-electron chi connectivity index (χ0n) is 23.0. The Morgan fingerprint density at radius 2 is 1.86 bits per heavy atom. The summed E-state index contributed by atoms with van der Waals surface area (Å²) < 4.78 is 24.8. The molecule has 2 fully saturated rings. The number of sulfone groups is 1. The van der Waals surface area contributed by atoms with E-state index in [1.807, 2.05) is 13.8 Å². The molecule has 0 saturated heterocycles. The number of allylic oxidation sites excluding steroid dienone is 5. The van der Waals surface area contributed by atoms with Crippen LogP contribution in [0.25, 0.3) is 0 Å². The van der Waals surface area contributed by atoms with E-state index < -0.39 is 31.5 Å². The zero-order chi connectivity index (χ0) is 26.4. The van der Waals surface area contributed by atoms with Gasteiger partial charge in [0.25, 0.3) is 0 Å². The average Bonchev–Trinajstić information content (AvgIpc) is 3.10. The van der Waals surface area contributed by atoms with E-state index in [0.29, 0.717) is 31.1 Å². The third kappa shape index (κ3) is 5.43. The Hall–Kier alpha value is -1.17. The fourth-order valence-corrected chi connectivity index (χ4v) is 8.81. The normalized spacial score (nSPS) is 33.7. The highest BCUT2D eigenvalue weighted by Gasteiger charge is 2.47. The Morgan fingerprint density at radius 1 is 1.20 bits per heavy atom. The molecule has 0 spiro atoms. The molecule has 1 unspecified atom stereocenters. The minimum absolute atomic E-state index is 0.109. The van der Waals surface area contributed by atoms with Crippen molar-refractivity contribution in [1.29, 1.82) is 0 Å². The topological polar surface area (TPSA) is 74.6 Å². The zero-order valence-corrected chi connectivity index (χ0v) is 23.8. The maximum absolute atomic E-state index is 13.1. The molecule has 0 radical (unpaired) electrons. The van der Waals surface area contributed by atoms with Crippen LogP contribution in [-0.2, 0) is 9.84 Å². The van der Waals surface area contributed by atoms with Gasteiger partial charge in [-0.05, 0) is 108 Å². The quantitative estimate of drug-likeness (QED) is 0.407. The second-order valence-corrected chi connectivity index (χ2v) is 16.4. The molecule has 3 aliphatic rings. The molecule has 2 N–H and O–H groups in total. The molecule has 3 rings (SSSR count). The SMILES string of the molecule is C=C1/C(=C\C=C2/CCC[C@]3(C)C([C@H](C)CCC(C)(C)S(=O)(=O)C(C)(C)C)=CCC23)C[C@H](O)C[C@H]1O. The van der Waals surface area contributed by atoms with Crippen LogP contribution in [0.4, 0.5) is 0 Å². The molecule has 0 bridgehead atoms. The van der Waals surface area contributed by atoms with Crippen molar-refractivity contribution in [3.8, 4) is 0 Å². The number of fused-ring (bicyclic) bond motifs is 1. The Bertz CT molecular complexity index is 1020. The molecule has 0 aliphatic heterocycles. The lowest BCUT2D eigenvalue weighted by Gasteiger charge is -2.43. The van der Waals surface area contributed by atoms with Crippen LogP contribution in [0, 0.1) is 17.3 Å². The molecular formula is C30H48O4S. The van der Waals surface area contributed by atoms with E-state index in [-0.39, 0.29) is 5.41 Å². The Morgan fingerprint density at radius 3 is 2.49 bits per heavy atom. The number of rotatable bonds is 6. The Balaban J connectivity index is 1.75. The monoisotopic (exact) mass is 504 g/mol. The van der Waals surface area contributed by atoms with Gasteiger partial charge in [0, 0.05) is 6.42 Å². The van der Waals surface area contributed by atoms with Crippen LogP contribution < -0.4 is 0 Å². The minimum atomic E-state index is -3.25. The molecule has 5 heteroatoms. The summed E-state index contributed by atoms with van der Waals surface area (Å²) >= 11 is 0. The van der Waals surface area contributed by atoms with Gasteiger partial charge in [0.15, 0.2) is 9.84 Å². The van der Waals surface area contributed by atoms with Crippen molar-refractivity contribution in [2.24, 2.45) is 17.3 Å². The second-order valence-electron chi connectivity index (χ2n) is 13.1. The van der Waals surface area contributed by atoms with Crippen LogP contribution in [0.3, 0.4) is 0 Å². The number of aliphatic hydroxyl groups is 2. The first kappa shape index (κ1) is 28.4. The summed E-state index contributed by atoms with van der Waals surface area (Å²) in [6.07, 6.45) is 12.4. The smallest absolute Gasteiger partial charge is 0.160 e. The van der Waals surface area contributed by atoms with Crippen LogP contribution in [-0.4, -0.2) is 40.3 Å². The van der Waals surface area contributed by atoms with Gasteiger partial charge >= 0.3 is 0 Å². The van der Waals surface area contributed by atoms with Gasteiger partial charge in [0.2, 0.25) is 0 Å². The van der Waals surface area contributed by atoms with Crippen molar-refractivity contribution in [1.82, 2.24) is 0 Å². The highest BCUT2D eigenvalue weighted by molar-refractivity contribution is 7.94. The van der Waals surface area contributed by atoms with Gasteiger partial charge in [0.1, 0.15) is 0 Å². The van der Waals surface area contributed by atoms with E-state index in [2.05, 4.69) is 38.7 Å². The highest BCUT2D eigenvalue weighted by atomic mass is 32.2. The van der Waals surface area contributed by atoms with E-state index in [9.17, 15) is 18.6 Å². The van der Waals surface area contributed by atoms with Crippen LogP contribution >= 0.6 is 0 Å². The van der Waals surface area contributed by atoms with Crippen molar-refractivity contribution in [3.63, 3.8) is 0 Å². The van der Waals surface area contributed by atoms with Crippen molar-refractivity contribution >= 4 is 9.84 Å². The summed E-state index contributed by atoms with van der Waals surface area (Å²) in [6.45, 7) is 17.9. The van der Waals surface area contributed by atoms with Gasteiger partial charge in [-0.3, -0.25) is 0 Å². The Kier molecular flexibility index (Phi) is 8.07. The first-order valence-electron chi connectivity index (χ1n) is 13.4. The fourth-order valence-electron chi connectivity index (χ4n) is 6.76. The van der Waals surface area contributed by atoms with Crippen molar-refractivity contribution in [3.05, 3.63) is 47.1 Å². The van der Waals surface area contributed by atoms with Crippen LogP contribution in [0.15, 0.2) is 47.1 Å². The van der Waals surface area contributed by atoms with E-state index in [1.165, 1.54) is 11.1 Å². The van der Waals surface area contributed by atoms with Gasteiger partial charge in [0.05, 0.1) is 21.7 Å². The maximum atomic E-state index is 13.1. The largest absolute Gasteiger partial charge is 0.393 e. The molecule has 5 atom stereocenters. The highest BCUT2D eigenvalue weighted by Crippen LogP contribution is 2.57. The summed E-state index contributed by atoms with van der Waals surface area (Å²) in [6, 6.07) is 0. The first-order valence-corrected chi connectivity index (χ1v) is 14.9. The molecule has 0 aromatic rings. The molecule has 0 amide bonds. The van der Waals surface area contributed by atoms with Gasteiger partial charge in [-0.15, -0.1) is 0 Å². The van der Waals surface area contributed by atoms with Gasteiger partial charge in [-0.2, -0.15) is 0 Å². The lowest BCUT2D eigenvalue weighted by molar-refractivity contribution is 0.0862. The fraction of sp³-hybridized carbons (Fsp3) is 0.733. The van der Waals surface area contributed by atoms with Crippen LogP contribution in [0.5, 0.6) is 0 Å². The predicted molar refractivity (Wildman–Crippen MR) is 146 cm³/mol. The van der Waals surface area contributed by atoms with Crippen molar-refractivity contribution in [2.75, 3.05) is 0 Å². The predicted octanol–water partition coefficient (Wildman–Crippen LogP) is 6.46. The minimum Gasteiger partial charge on any atom is -0.393 e. The Labute approximate surface area is 214 Å². The van der Waals surface area contributed by atoms with Crippen molar-refractivity contribution in [2.45, 2.75) is 122 Å². The van der Waals surface area contributed by atoms with Gasteiger partial charge in [-0.25, -0.2) is 8.42 Å². The summed E-state index contributed by atoms with van der Waals surface area (Å²) in [5.74, 6) is 0.809. The third-order valence-electron chi connectivity index (χ3n) is 9.12. The standard InChI is InChI=1S/C30H48O4S/c1-20(15-17-29(6,7)35(33,34)28(3,4)5)25-13-14-26-22(10-9-16-30(25,26)8)11-12-23-18-24(31)19-27(32)21(23)2/h11-13,20,24,26-27,31-32H,2,9-10,14-19H2,1,3-8H3/b22-11+,23-12-/t20-,24+,26?,27-,30-/m1/s1. The average molecular weight is 505 g/mol.